The first-order valence-electron chi connectivity index (χ1n) is 10.0. The second-order valence-corrected chi connectivity index (χ2v) is 14.2. The lowest BCUT2D eigenvalue weighted by Gasteiger charge is -2.59. The molecule has 5 rings (SSSR count). The van der Waals surface area contributed by atoms with E-state index in [4.69, 9.17) is 9.47 Å². The molecule has 0 N–H and O–H groups in total. The second-order valence-electron chi connectivity index (χ2n) is 9.23. The number of alkyl halides is 2. The minimum Gasteiger partial charge on any atom is -0.743 e. The second kappa shape index (κ2) is 8.90. The van der Waals surface area contributed by atoms with Crippen molar-refractivity contribution >= 4 is 89.8 Å². The van der Waals surface area contributed by atoms with Crippen molar-refractivity contribution in [3.63, 3.8) is 0 Å². The van der Waals surface area contributed by atoms with Gasteiger partial charge in [0.2, 0.25) is 0 Å². The lowest BCUT2D eigenvalue weighted by molar-refractivity contribution is -0.200. The smallest absolute Gasteiger partial charge is 0.367 e. The van der Waals surface area contributed by atoms with Crippen molar-refractivity contribution < 1.29 is 40.8 Å². The van der Waals surface area contributed by atoms with Crippen molar-refractivity contribution in [3.05, 3.63) is 28.4 Å². The summed E-state index contributed by atoms with van der Waals surface area (Å²) in [6.07, 6.45) is 2.93. The van der Waals surface area contributed by atoms with Crippen molar-refractivity contribution in [2.24, 2.45) is 17.3 Å². The quantitative estimate of drug-likeness (QED) is 0.178. The maximum atomic E-state index is 13.6. The fraction of sp³-hybridized carbons (Fsp3) is 0.600. The molecule has 13 heteroatoms. The van der Waals surface area contributed by atoms with E-state index in [-0.39, 0.29) is 18.3 Å². The molecule has 0 radical (unpaired) electrons. The van der Waals surface area contributed by atoms with E-state index in [1.165, 1.54) is 0 Å². The fourth-order valence-electron chi connectivity index (χ4n) is 5.87. The van der Waals surface area contributed by atoms with E-state index >= 15 is 0 Å². The van der Waals surface area contributed by atoms with Crippen LogP contribution >= 0.6 is 67.8 Å². The summed E-state index contributed by atoms with van der Waals surface area (Å²) in [7, 11) is -5.96. The van der Waals surface area contributed by atoms with Crippen LogP contribution in [0.15, 0.2) is 12.1 Å². The topological polar surface area (TPSA) is 110 Å². The third kappa shape index (κ3) is 5.03. The van der Waals surface area contributed by atoms with Gasteiger partial charge in [0, 0.05) is 17.1 Å². The predicted octanol–water partition coefficient (Wildman–Crippen LogP) is 4.68. The Kier molecular flexibility index (Phi) is 7.06. The van der Waals surface area contributed by atoms with E-state index in [2.05, 4.69) is 67.8 Å². The number of esters is 2. The molecule has 7 nitrogen and oxygen atoms in total. The number of halogens is 5. The Morgan fingerprint density at radius 2 is 1.73 bits per heavy atom. The molecule has 0 heterocycles. The van der Waals surface area contributed by atoms with Gasteiger partial charge in [0.05, 0.1) is 11.0 Å². The van der Waals surface area contributed by atoms with Crippen LogP contribution in [-0.2, 0) is 24.4 Å². The zero-order valence-electron chi connectivity index (χ0n) is 16.9. The van der Waals surface area contributed by atoms with E-state index in [1.54, 1.807) is 6.07 Å². The van der Waals surface area contributed by atoms with Crippen LogP contribution in [0.2, 0.25) is 0 Å². The number of rotatable bonds is 6. The summed E-state index contributed by atoms with van der Waals surface area (Å²) in [6, 6.07) is 3.68. The molecular weight excluding hydrogens is 803 g/mol. The minimum absolute atomic E-state index is 0.0606. The van der Waals surface area contributed by atoms with Crippen molar-refractivity contribution in [1.29, 1.82) is 0 Å². The van der Waals surface area contributed by atoms with Crippen molar-refractivity contribution in [1.82, 2.24) is 0 Å². The molecule has 4 fully saturated rings. The zero-order valence-corrected chi connectivity index (χ0v) is 24.2. The molecule has 4 bridgehead atoms. The van der Waals surface area contributed by atoms with Gasteiger partial charge >= 0.3 is 17.2 Å². The monoisotopic (exact) mass is 821 g/mol. The summed E-state index contributed by atoms with van der Waals surface area (Å²) >= 11 is 6.35. The van der Waals surface area contributed by atoms with Gasteiger partial charge in [0.1, 0.15) is 5.60 Å². The predicted molar refractivity (Wildman–Crippen MR) is 135 cm³/mol. The van der Waals surface area contributed by atoms with Gasteiger partial charge in [-0.2, -0.15) is 8.78 Å². The first-order chi connectivity index (χ1) is 15.2. The van der Waals surface area contributed by atoms with Gasteiger partial charge in [-0.25, -0.2) is 13.2 Å². The first kappa shape index (κ1) is 26.2. The van der Waals surface area contributed by atoms with Gasteiger partial charge in [0.15, 0.2) is 16.7 Å². The van der Waals surface area contributed by atoms with Crippen LogP contribution in [0.25, 0.3) is 0 Å². The molecule has 0 spiro atoms. The SMILES string of the molecule is O=C(OC12CC3CC(C1)CC(C(=O)OCC(F)(F)S(=O)(=O)[O-])(C3)C2)c1cc(I)cc(I)c1I. The maximum Gasteiger partial charge on any atom is 0.367 e. The standard InChI is InChI=1S/C20H19F2I3O7S/c21-20(22,33(28,29)30)9-31-17(27)18-4-10-1-11(5-18)7-19(6-10,8-18)32-16(26)13-2-12(23)3-14(24)15(13)25/h2-3,10-11H,1,4-9H2,(H,28,29,30)/p-1. The van der Waals surface area contributed by atoms with Crippen molar-refractivity contribution in [2.75, 3.05) is 6.61 Å². The molecule has 4 aliphatic rings. The Bertz CT molecular complexity index is 1110. The van der Waals surface area contributed by atoms with E-state index in [0.29, 0.717) is 31.2 Å². The van der Waals surface area contributed by atoms with Gasteiger partial charge in [0.25, 0.3) is 0 Å². The summed E-state index contributed by atoms with van der Waals surface area (Å²) < 4.78 is 72.6. The average molecular weight is 821 g/mol. The Morgan fingerprint density at radius 3 is 2.30 bits per heavy atom. The lowest BCUT2D eigenvalue weighted by Crippen LogP contribution is -2.60. The molecule has 2 atom stereocenters. The minimum atomic E-state index is -5.96. The molecule has 1 aromatic carbocycles. The van der Waals surface area contributed by atoms with Crippen LogP contribution in [0.1, 0.15) is 48.9 Å². The number of ether oxygens (including phenoxy) is 2. The van der Waals surface area contributed by atoms with Crippen LogP contribution in [0.4, 0.5) is 8.78 Å². The van der Waals surface area contributed by atoms with Gasteiger partial charge in [-0.3, -0.25) is 4.79 Å². The van der Waals surface area contributed by atoms with Gasteiger partial charge in [-0.1, -0.05) is 0 Å². The van der Waals surface area contributed by atoms with Gasteiger partial charge < -0.3 is 14.0 Å². The molecule has 33 heavy (non-hydrogen) atoms. The zero-order chi connectivity index (χ0) is 24.4. The molecule has 4 saturated carbocycles. The number of carbonyl (C=O) groups excluding carboxylic acids is 2. The molecule has 182 valence electrons. The largest absolute Gasteiger partial charge is 0.743 e. The fourth-order valence-corrected chi connectivity index (χ4v) is 8.45. The van der Waals surface area contributed by atoms with E-state index < -0.39 is 44.9 Å². The van der Waals surface area contributed by atoms with Gasteiger partial charge in [-0.15, -0.1) is 0 Å². The van der Waals surface area contributed by atoms with Crippen LogP contribution < -0.4 is 0 Å². The molecule has 2 unspecified atom stereocenters. The summed E-state index contributed by atoms with van der Waals surface area (Å²) in [5, 5.41) is -4.70. The summed E-state index contributed by atoms with van der Waals surface area (Å²) in [6.45, 7) is -1.82. The number of benzene rings is 1. The van der Waals surface area contributed by atoms with E-state index in [9.17, 15) is 31.3 Å². The highest BCUT2D eigenvalue weighted by Crippen LogP contribution is 2.63. The summed E-state index contributed by atoms with van der Waals surface area (Å²) in [5.74, 6) is -1.33. The van der Waals surface area contributed by atoms with E-state index in [1.807, 2.05) is 6.07 Å². The van der Waals surface area contributed by atoms with Crippen LogP contribution in [0, 0.1) is 28.0 Å². The van der Waals surface area contributed by atoms with Crippen molar-refractivity contribution in [2.45, 2.75) is 49.4 Å². The highest BCUT2D eigenvalue weighted by atomic mass is 127. The highest BCUT2D eigenvalue weighted by Gasteiger charge is 2.63. The third-order valence-corrected chi connectivity index (χ3v) is 11.2. The Hall–Kier alpha value is 0.120. The summed E-state index contributed by atoms with van der Waals surface area (Å²) in [4.78, 5) is 26.1. The lowest BCUT2D eigenvalue weighted by atomic mass is 9.48. The van der Waals surface area contributed by atoms with Gasteiger partial charge in [-0.05, 0) is 124 Å². The normalized spacial score (nSPS) is 30.8. The molecule has 0 amide bonds. The number of hydrogen-bond donors (Lipinski definition) is 0. The average Bonchev–Trinajstić information content (AvgIpc) is 2.66. The van der Waals surface area contributed by atoms with Crippen LogP contribution in [0.5, 0.6) is 0 Å². The third-order valence-electron chi connectivity index (χ3n) is 6.70. The highest BCUT2D eigenvalue weighted by molar-refractivity contribution is 14.1. The Labute approximate surface area is 230 Å². The molecule has 0 saturated heterocycles. The van der Waals surface area contributed by atoms with Crippen LogP contribution in [0.3, 0.4) is 0 Å². The summed E-state index contributed by atoms with van der Waals surface area (Å²) in [5.41, 5.74) is -1.62. The number of carbonyl (C=O) groups is 2. The Morgan fingerprint density at radius 1 is 1.12 bits per heavy atom. The van der Waals surface area contributed by atoms with Crippen molar-refractivity contribution in [3.8, 4) is 0 Å². The molecule has 1 aromatic rings. The molecule has 0 aliphatic heterocycles. The number of hydrogen-bond acceptors (Lipinski definition) is 7. The molecule has 4 aliphatic carbocycles. The van der Waals surface area contributed by atoms with E-state index in [0.717, 1.165) is 17.1 Å². The maximum absolute atomic E-state index is 13.6. The Balaban J connectivity index is 1.56. The first-order valence-corrected chi connectivity index (χ1v) is 14.7. The molecule has 0 aromatic heterocycles. The molecular formula is C20H18F2I3O7S-. The van der Waals surface area contributed by atoms with Crippen LogP contribution in [-0.4, -0.2) is 42.4 Å².